The van der Waals surface area contributed by atoms with E-state index >= 15 is 0 Å². The molecule has 13 heteroatoms. The van der Waals surface area contributed by atoms with Gasteiger partial charge in [0.1, 0.15) is 17.5 Å². The highest BCUT2D eigenvalue weighted by Crippen LogP contribution is 2.54. The van der Waals surface area contributed by atoms with Gasteiger partial charge in [-0.3, -0.25) is 23.7 Å². The van der Waals surface area contributed by atoms with Gasteiger partial charge in [-0.25, -0.2) is 4.90 Å². The van der Waals surface area contributed by atoms with Crippen molar-refractivity contribution in [2.75, 3.05) is 10.2 Å². The van der Waals surface area contributed by atoms with Crippen LogP contribution in [0.5, 0.6) is 5.75 Å². The first-order valence-corrected chi connectivity index (χ1v) is 14.3. The summed E-state index contributed by atoms with van der Waals surface area (Å²) in [6.07, 6.45) is -4.67. The molecular weight excluding hydrogens is 591 g/mol. The molecule has 0 saturated carbocycles. The molecule has 6 rings (SSSR count). The van der Waals surface area contributed by atoms with E-state index < -0.39 is 51.4 Å². The van der Waals surface area contributed by atoms with Gasteiger partial charge in [-0.05, 0) is 48.0 Å². The van der Waals surface area contributed by atoms with Crippen molar-refractivity contribution in [1.82, 2.24) is 4.57 Å². The Morgan fingerprint density at radius 1 is 0.929 bits per heavy atom. The van der Waals surface area contributed by atoms with Gasteiger partial charge in [0.15, 0.2) is 0 Å². The van der Waals surface area contributed by atoms with E-state index in [1.807, 2.05) is 0 Å². The fraction of sp³-hybridized carbons (Fsp3) is 0.172. The van der Waals surface area contributed by atoms with Gasteiger partial charge in [0.25, 0.3) is 0 Å². The number of hydrogen-bond acceptors (Lipinski definition) is 7. The largest absolute Gasteiger partial charge is 0.508 e. The van der Waals surface area contributed by atoms with Crippen molar-refractivity contribution in [1.29, 1.82) is 0 Å². The number of fused-ring (bicyclic) bond motifs is 2. The fourth-order valence-electron chi connectivity index (χ4n) is 5.24. The number of aromatic nitrogens is 1. The number of amides is 3. The number of benzene rings is 3. The van der Waals surface area contributed by atoms with Gasteiger partial charge < -0.3 is 10.4 Å². The van der Waals surface area contributed by atoms with E-state index in [4.69, 9.17) is 0 Å². The SMILES string of the molecule is O=C(Cn1c2c(sc1=O)[C@@H](c1ccccc1)[C@@H]1C(=O)N(c3cccc(C(F)(F)F)c3)C(=O)[C@@H]1S2)Nc1ccc(O)cc1. The third kappa shape index (κ3) is 4.88. The molecule has 1 fully saturated rings. The molecule has 3 atom stereocenters. The molecule has 2 N–H and O–H groups in total. The zero-order valence-corrected chi connectivity index (χ0v) is 23.0. The number of thioether (sulfide) groups is 1. The van der Waals surface area contributed by atoms with Crippen molar-refractivity contribution >= 4 is 52.2 Å². The quantitative estimate of drug-likeness (QED) is 0.241. The van der Waals surface area contributed by atoms with Gasteiger partial charge in [-0.15, -0.1) is 0 Å². The minimum absolute atomic E-state index is 0.0176. The average molecular weight is 612 g/mol. The number of imide groups is 1. The Kier molecular flexibility index (Phi) is 6.93. The van der Waals surface area contributed by atoms with Gasteiger partial charge in [-0.1, -0.05) is 59.5 Å². The van der Waals surface area contributed by atoms with Crippen LogP contribution in [-0.2, 0) is 27.1 Å². The molecule has 3 amide bonds. The number of carbonyl (C=O) groups excluding carboxylic acids is 3. The third-order valence-electron chi connectivity index (χ3n) is 7.09. The Morgan fingerprint density at radius 3 is 2.33 bits per heavy atom. The summed E-state index contributed by atoms with van der Waals surface area (Å²) in [7, 11) is 0. The molecule has 2 aliphatic heterocycles. The molecule has 42 heavy (non-hydrogen) atoms. The maximum Gasteiger partial charge on any atom is 0.416 e. The van der Waals surface area contributed by atoms with E-state index in [0.29, 0.717) is 21.2 Å². The van der Waals surface area contributed by atoms with Crippen molar-refractivity contribution in [2.45, 2.75) is 28.9 Å². The lowest BCUT2D eigenvalue weighted by molar-refractivity contribution is -0.137. The van der Waals surface area contributed by atoms with Crippen molar-refractivity contribution in [2.24, 2.45) is 5.92 Å². The molecular formula is C29H20F3N3O5S2. The first-order chi connectivity index (χ1) is 20.0. The highest BCUT2D eigenvalue weighted by molar-refractivity contribution is 8.00. The summed E-state index contributed by atoms with van der Waals surface area (Å²) in [6.45, 7) is -0.378. The molecule has 0 spiro atoms. The second kappa shape index (κ2) is 10.5. The lowest BCUT2D eigenvalue weighted by atomic mass is 9.83. The van der Waals surface area contributed by atoms with Crippen LogP contribution in [0, 0.1) is 5.92 Å². The highest BCUT2D eigenvalue weighted by Gasteiger charge is 2.57. The minimum atomic E-state index is -4.67. The van der Waals surface area contributed by atoms with Crippen LogP contribution in [0.1, 0.15) is 21.9 Å². The van der Waals surface area contributed by atoms with Crippen molar-refractivity contribution in [3.8, 4) is 5.75 Å². The smallest absolute Gasteiger partial charge is 0.416 e. The molecule has 1 saturated heterocycles. The summed E-state index contributed by atoms with van der Waals surface area (Å²) in [5, 5.41) is 11.5. The van der Waals surface area contributed by atoms with Gasteiger partial charge >= 0.3 is 11.0 Å². The number of phenols is 1. The number of rotatable bonds is 5. The van der Waals surface area contributed by atoms with Crippen molar-refractivity contribution in [3.05, 3.63) is 105 Å². The number of thiazole rings is 1. The van der Waals surface area contributed by atoms with Crippen LogP contribution < -0.4 is 15.1 Å². The summed E-state index contributed by atoms with van der Waals surface area (Å²) >= 11 is 1.84. The topological polar surface area (TPSA) is 109 Å². The van der Waals surface area contributed by atoms with Gasteiger partial charge in [0.05, 0.1) is 22.2 Å². The van der Waals surface area contributed by atoms with Crippen molar-refractivity contribution in [3.63, 3.8) is 0 Å². The number of nitrogens with zero attached hydrogens (tertiary/aromatic N) is 2. The molecule has 1 aromatic heterocycles. The number of alkyl halides is 3. The molecule has 0 bridgehead atoms. The lowest BCUT2D eigenvalue weighted by Crippen LogP contribution is -2.33. The Balaban J connectivity index is 1.39. The monoisotopic (exact) mass is 611 g/mol. The van der Waals surface area contributed by atoms with E-state index in [0.717, 1.165) is 46.2 Å². The third-order valence-corrected chi connectivity index (χ3v) is 9.70. The standard InChI is InChI=1S/C29H20F3N3O5S2/c30-29(31,32)16-7-4-8-18(13-16)35-25(38)22-21(15-5-2-1-3-6-15)24-27(41-23(22)26(35)39)34(28(40)42-24)14-20(37)33-17-9-11-19(36)12-10-17/h1-13,21-23,36H,14H2,(H,33,37)/t21-,22-,23+/m0/s1. The first kappa shape index (κ1) is 27.8. The fourth-order valence-corrected chi connectivity index (χ4v) is 8.01. The summed E-state index contributed by atoms with van der Waals surface area (Å²) in [5.74, 6) is -3.58. The zero-order chi connectivity index (χ0) is 29.8. The summed E-state index contributed by atoms with van der Waals surface area (Å²) in [6, 6.07) is 18.6. The van der Waals surface area contributed by atoms with Crippen LogP contribution in [0.2, 0.25) is 0 Å². The van der Waals surface area contributed by atoms with Crippen LogP contribution in [0.25, 0.3) is 0 Å². The summed E-state index contributed by atoms with van der Waals surface area (Å²) in [5.41, 5.74) is -0.118. The molecule has 0 radical (unpaired) electrons. The van der Waals surface area contributed by atoms with E-state index in [1.54, 1.807) is 30.3 Å². The molecule has 214 valence electrons. The molecule has 3 aromatic carbocycles. The number of carbonyl (C=O) groups is 3. The Hall–Kier alpha value is -4.36. The number of hydrogen-bond donors (Lipinski definition) is 2. The Morgan fingerprint density at radius 2 is 1.64 bits per heavy atom. The van der Waals surface area contributed by atoms with Gasteiger partial charge in [-0.2, -0.15) is 13.2 Å². The van der Waals surface area contributed by atoms with Crippen LogP contribution in [-0.4, -0.2) is 32.6 Å². The predicted molar refractivity (Wildman–Crippen MR) is 151 cm³/mol. The number of anilines is 2. The first-order valence-electron chi connectivity index (χ1n) is 12.6. The lowest BCUT2D eigenvalue weighted by Gasteiger charge is -2.30. The minimum Gasteiger partial charge on any atom is -0.508 e. The van der Waals surface area contributed by atoms with Gasteiger partial charge in [0.2, 0.25) is 17.7 Å². The van der Waals surface area contributed by atoms with Crippen LogP contribution >= 0.6 is 23.1 Å². The molecule has 0 unspecified atom stereocenters. The van der Waals surface area contributed by atoms with Crippen molar-refractivity contribution < 1.29 is 32.7 Å². The summed E-state index contributed by atoms with van der Waals surface area (Å²) < 4.78 is 41.6. The van der Waals surface area contributed by atoms with Crippen LogP contribution in [0.15, 0.2) is 88.7 Å². The number of phenolic OH excluding ortho intramolecular Hbond substituents is 1. The van der Waals surface area contributed by atoms with E-state index in [9.17, 15) is 37.5 Å². The van der Waals surface area contributed by atoms with E-state index in [-0.39, 0.29) is 18.0 Å². The maximum atomic E-state index is 13.9. The molecule has 2 aliphatic rings. The Bertz CT molecular complexity index is 1770. The van der Waals surface area contributed by atoms with Crippen LogP contribution in [0.4, 0.5) is 24.5 Å². The zero-order valence-electron chi connectivity index (χ0n) is 21.4. The summed E-state index contributed by atoms with van der Waals surface area (Å²) in [4.78, 5) is 54.5. The van der Waals surface area contributed by atoms with E-state index in [2.05, 4.69) is 5.32 Å². The number of aromatic hydroxyl groups is 1. The molecule has 3 heterocycles. The predicted octanol–water partition coefficient (Wildman–Crippen LogP) is 5.07. The number of nitrogens with one attached hydrogen (secondary N) is 1. The average Bonchev–Trinajstić information content (AvgIpc) is 3.40. The Labute approximate surface area is 244 Å². The number of halogens is 3. The molecule has 8 nitrogen and oxygen atoms in total. The molecule has 4 aromatic rings. The highest BCUT2D eigenvalue weighted by atomic mass is 32.2. The van der Waals surface area contributed by atoms with E-state index in [1.165, 1.54) is 34.9 Å². The molecule has 0 aliphatic carbocycles. The second-order valence-electron chi connectivity index (χ2n) is 9.73. The maximum absolute atomic E-state index is 13.9. The van der Waals surface area contributed by atoms with Gasteiger partial charge in [0, 0.05) is 16.5 Å². The second-order valence-corrected chi connectivity index (χ2v) is 11.9. The van der Waals surface area contributed by atoms with Crippen LogP contribution in [0.3, 0.4) is 0 Å². The normalized spacial score (nSPS) is 19.9.